The highest BCUT2D eigenvalue weighted by Gasteiger charge is 2.23. The van der Waals surface area contributed by atoms with Crippen LogP contribution in [0.3, 0.4) is 0 Å². The second-order valence-corrected chi connectivity index (χ2v) is 8.31. The van der Waals surface area contributed by atoms with Crippen LogP contribution in [-0.4, -0.2) is 43.9 Å². The van der Waals surface area contributed by atoms with Gasteiger partial charge in [-0.2, -0.15) is 0 Å². The average molecular weight is 415 g/mol. The van der Waals surface area contributed by atoms with Crippen molar-refractivity contribution in [3.8, 4) is 11.5 Å². The maximum absolute atomic E-state index is 9.64. The second-order valence-electron chi connectivity index (χ2n) is 8.31. The van der Waals surface area contributed by atoms with Gasteiger partial charge in [-0.15, -0.1) is 0 Å². The standard InChI is InChI=1S/C25H34O5/c1-4-21(26)16-28-22-11-7-19(8-12-22)25(2,3)20-9-13-23(14-10-20)30-18-27-15-5-6-24-17-29-24/h7-14,21,24,26H,4-6,15-18H2,1-3H3. The summed E-state index contributed by atoms with van der Waals surface area (Å²) in [6, 6.07) is 16.3. The minimum Gasteiger partial charge on any atom is -0.491 e. The molecule has 2 unspecified atom stereocenters. The highest BCUT2D eigenvalue weighted by atomic mass is 16.7. The van der Waals surface area contributed by atoms with Crippen molar-refractivity contribution in [2.24, 2.45) is 0 Å². The number of epoxide rings is 1. The van der Waals surface area contributed by atoms with E-state index in [2.05, 4.69) is 38.1 Å². The van der Waals surface area contributed by atoms with Crippen molar-refractivity contribution in [1.82, 2.24) is 0 Å². The Morgan fingerprint density at radius 1 is 1.00 bits per heavy atom. The molecule has 5 nitrogen and oxygen atoms in total. The molecule has 1 aliphatic rings. The third kappa shape index (κ3) is 6.73. The maximum Gasteiger partial charge on any atom is 0.189 e. The lowest BCUT2D eigenvalue weighted by molar-refractivity contribution is 0.0131. The van der Waals surface area contributed by atoms with Gasteiger partial charge in [0, 0.05) is 5.41 Å². The van der Waals surface area contributed by atoms with Crippen LogP contribution in [-0.2, 0) is 14.9 Å². The number of hydrogen-bond donors (Lipinski definition) is 1. The van der Waals surface area contributed by atoms with E-state index < -0.39 is 6.10 Å². The van der Waals surface area contributed by atoms with Crippen LogP contribution in [0.2, 0.25) is 0 Å². The molecule has 5 heteroatoms. The molecule has 0 amide bonds. The topological polar surface area (TPSA) is 60.5 Å². The second kappa shape index (κ2) is 10.8. The fourth-order valence-corrected chi connectivity index (χ4v) is 3.23. The van der Waals surface area contributed by atoms with Gasteiger partial charge in [-0.25, -0.2) is 0 Å². The summed E-state index contributed by atoms with van der Waals surface area (Å²) in [5.74, 6) is 1.58. The summed E-state index contributed by atoms with van der Waals surface area (Å²) in [5.41, 5.74) is 2.25. The molecule has 3 rings (SSSR count). The zero-order chi connectivity index (χ0) is 21.4. The molecule has 1 N–H and O–H groups in total. The number of aliphatic hydroxyl groups is 1. The minimum absolute atomic E-state index is 0.151. The van der Waals surface area contributed by atoms with Crippen LogP contribution < -0.4 is 9.47 Å². The third-order valence-corrected chi connectivity index (χ3v) is 5.59. The largest absolute Gasteiger partial charge is 0.491 e. The molecule has 0 aliphatic carbocycles. The highest BCUT2D eigenvalue weighted by molar-refractivity contribution is 5.41. The van der Waals surface area contributed by atoms with Gasteiger partial charge in [-0.3, -0.25) is 0 Å². The molecule has 0 spiro atoms. The average Bonchev–Trinajstić information content (AvgIpc) is 3.59. The Bertz CT molecular complexity index is 750. The Labute approximate surface area is 179 Å². The van der Waals surface area contributed by atoms with Gasteiger partial charge in [0.15, 0.2) is 6.79 Å². The van der Waals surface area contributed by atoms with Gasteiger partial charge in [0.05, 0.1) is 25.4 Å². The van der Waals surface area contributed by atoms with Gasteiger partial charge in [-0.1, -0.05) is 45.0 Å². The smallest absolute Gasteiger partial charge is 0.189 e. The van der Waals surface area contributed by atoms with Crippen molar-refractivity contribution in [3.05, 3.63) is 59.7 Å². The highest BCUT2D eigenvalue weighted by Crippen LogP contribution is 2.33. The van der Waals surface area contributed by atoms with Gasteiger partial charge in [0.1, 0.15) is 18.1 Å². The summed E-state index contributed by atoms with van der Waals surface area (Å²) in [7, 11) is 0. The summed E-state index contributed by atoms with van der Waals surface area (Å²) in [4.78, 5) is 0. The van der Waals surface area contributed by atoms with Crippen molar-refractivity contribution in [2.75, 3.05) is 26.6 Å². The van der Waals surface area contributed by atoms with E-state index in [0.717, 1.165) is 30.9 Å². The molecule has 1 aliphatic heterocycles. The number of hydrogen-bond acceptors (Lipinski definition) is 5. The fraction of sp³-hybridized carbons (Fsp3) is 0.520. The van der Waals surface area contributed by atoms with Crippen LogP contribution in [0.4, 0.5) is 0 Å². The molecule has 164 valence electrons. The molecular weight excluding hydrogens is 380 g/mol. The quantitative estimate of drug-likeness (QED) is 0.293. The fourth-order valence-electron chi connectivity index (χ4n) is 3.23. The van der Waals surface area contributed by atoms with E-state index in [1.54, 1.807) is 0 Å². The Hall–Kier alpha value is -2.08. The number of ether oxygens (including phenoxy) is 4. The molecule has 2 aromatic carbocycles. The number of benzene rings is 2. The molecule has 0 aromatic heterocycles. The van der Waals surface area contributed by atoms with Gasteiger partial charge in [0.25, 0.3) is 0 Å². The lowest BCUT2D eigenvalue weighted by Crippen LogP contribution is -2.19. The molecule has 0 radical (unpaired) electrons. The van der Waals surface area contributed by atoms with Crippen LogP contribution in [0.25, 0.3) is 0 Å². The molecule has 2 atom stereocenters. The van der Waals surface area contributed by atoms with Crippen molar-refractivity contribution < 1.29 is 24.1 Å². The SMILES string of the molecule is CCC(O)COc1ccc(C(C)(C)c2ccc(OCOCCCC3CO3)cc2)cc1. The molecule has 1 fully saturated rings. The monoisotopic (exact) mass is 414 g/mol. The first-order valence-electron chi connectivity index (χ1n) is 10.8. The van der Waals surface area contributed by atoms with E-state index >= 15 is 0 Å². The molecule has 0 bridgehead atoms. The predicted octanol–water partition coefficient (Wildman–Crippen LogP) is 4.69. The summed E-state index contributed by atoms with van der Waals surface area (Å²) < 4.78 is 22.0. The summed E-state index contributed by atoms with van der Waals surface area (Å²) in [6.45, 7) is 8.53. The molecule has 2 aromatic rings. The Kier molecular flexibility index (Phi) is 8.14. The van der Waals surface area contributed by atoms with Gasteiger partial charge < -0.3 is 24.1 Å². The third-order valence-electron chi connectivity index (χ3n) is 5.59. The normalized spacial score (nSPS) is 16.9. The lowest BCUT2D eigenvalue weighted by atomic mass is 9.78. The Balaban J connectivity index is 1.48. The Morgan fingerprint density at radius 3 is 2.10 bits per heavy atom. The van der Waals surface area contributed by atoms with E-state index in [9.17, 15) is 5.11 Å². The molecule has 0 saturated carbocycles. The minimum atomic E-state index is -0.426. The van der Waals surface area contributed by atoms with E-state index in [0.29, 0.717) is 25.7 Å². The van der Waals surface area contributed by atoms with Crippen LogP contribution in [0, 0.1) is 0 Å². The van der Waals surface area contributed by atoms with Crippen molar-refractivity contribution in [3.63, 3.8) is 0 Å². The van der Waals surface area contributed by atoms with E-state index in [1.165, 1.54) is 11.1 Å². The maximum atomic E-state index is 9.64. The summed E-state index contributed by atoms with van der Waals surface area (Å²) in [6.07, 6.45) is 2.79. The summed E-state index contributed by atoms with van der Waals surface area (Å²) in [5, 5.41) is 9.64. The van der Waals surface area contributed by atoms with Crippen LogP contribution in [0.5, 0.6) is 11.5 Å². The first kappa shape index (κ1) is 22.6. The van der Waals surface area contributed by atoms with Gasteiger partial charge >= 0.3 is 0 Å². The number of rotatable bonds is 13. The lowest BCUT2D eigenvalue weighted by Gasteiger charge is -2.26. The van der Waals surface area contributed by atoms with Crippen molar-refractivity contribution in [2.45, 2.75) is 57.7 Å². The van der Waals surface area contributed by atoms with Crippen LogP contribution in [0.15, 0.2) is 48.5 Å². The molecule has 1 heterocycles. The van der Waals surface area contributed by atoms with Crippen LogP contribution in [0.1, 0.15) is 51.2 Å². The van der Waals surface area contributed by atoms with Crippen molar-refractivity contribution in [1.29, 1.82) is 0 Å². The molecule has 1 saturated heterocycles. The molecule has 30 heavy (non-hydrogen) atoms. The first-order chi connectivity index (χ1) is 14.5. The zero-order valence-corrected chi connectivity index (χ0v) is 18.3. The molecular formula is C25H34O5. The van der Waals surface area contributed by atoms with Crippen molar-refractivity contribution >= 4 is 0 Å². The number of aliphatic hydroxyl groups excluding tert-OH is 1. The van der Waals surface area contributed by atoms with E-state index in [-0.39, 0.29) is 12.2 Å². The van der Waals surface area contributed by atoms with E-state index in [1.807, 2.05) is 31.2 Å². The zero-order valence-electron chi connectivity index (χ0n) is 18.3. The Morgan fingerprint density at radius 2 is 1.57 bits per heavy atom. The first-order valence-corrected chi connectivity index (χ1v) is 10.8. The van der Waals surface area contributed by atoms with Gasteiger partial charge in [-0.05, 0) is 54.7 Å². The summed E-state index contributed by atoms with van der Waals surface area (Å²) >= 11 is 0. The van der Waals surface area contributed by atoms with E-state index in [4.69, 9.17) is 18.9 Å². The predicted molar refractivity (Wildman–Crippen MR) is 117 cm³/mol. The van der Waals surface area contributed by atoms with Crippen LogP contribution >= 0.6 is 0 Å². The van der Waals surface area contributed by atoms with Gasteiger partial charge in [0.2, 0.25) is 0 Å².